The number of amides is 1. The fourth-order valence-electron chi connectivity index (χ4n) is 3.13. The van der Waals surface area contributed by atoms with Gasteiger partial charge in [-0.2, -0.15) is 0 Å². The molecule has 0 aliphatic heterocycles. The summed E-state index contributed by atoms with van der Waals surface area (Å²) >= 11 is 1.40. The van der Waals surface area contributed by atoms with E-state index in [1.807, 2.05) is 93.5 Å². The maximum absolute atomic E-state index is 12.8. The van der Waals surface area contributed by atoms with Gasteiger partial charge >= 0.3 is 0 Å². The summed E-state index contributed by atoms with van der Waals surface area (Å²) in [6.45, 7) is 3.72. The molecule has 0 saturated heterocycles. The monoisotopic (exact) mass is 444 g/mol. The molecular weight excluding hydrogens is 420 g/mol. The van der Waals surface area contributed by atoms with Crippen LogP contribution in [0.2, 0.25) is 0 Å². The number of nitrogens with one attached hydrogen (secondary N) is 2. The molecule has 0 atom stereocenters. The zero-order valence-electron chi connectivity index (χ0n) is 18.4. The lowest BCUT2D eigenvalue weighted by molar-refractivity contribution is 0.103. The molecule has 7 nitrogen and oxygen atoms in total. The van der Waals surface area contributed by atoms with Gasteiger partial charge < -0.3 is 15.5 Å². The van der Waals surface area contributed by atoms with Crippen molar-refractivity contribution in [3.05, 3.63) is 77.1 Å². The van der Waals surface area contributed by atoms with E-state index in [9.17, 15) is 4.79 Å². The first kappa shape index (κ1) is 21.5. The molecule has 0 aliphatic rings. The van der Waals surface area contributed by atoms with E-state index in [2.05, 4.69) is 25.6 Å². The van der Waals surface area contributed by atoms with Crippen molar-refractivity contribution < 1.29 is 4.79 Å². The Bertz CT molecular complexity index is 1240. The summed E-state index contributed by atoms with van der Waals surface area (Å²) in [4.78, 5) is 28.8. The summed E-state index contributed by atoms with van der Waals surface area (Å²) in [5.74, 6) is 2.08. The molecule has 0 fully saturated rings. The number of hydrogen-bond donors (Lipinski definition) is 2. The lowest BCUT2D eigenvalue weighted by atomic mass is 10.2. The number of thiazole rings is 1. The quantitative estimate of drug-likeness (QED) is 0.421. The standard InChI is InChI=1S/C24H24N6OS/c1-15-22(32-24(25-15)17-8-6-5-7-9-17)23(31)29-19-12-10-18(11-13-19)28-20-14-21(30(3)4)27-16(2)26-20/h5-14H,1-4H3,(H,29,31)(H,26,27,28). The van der Waals surface area contributed by atoms with Gasteiger partial charge in [-0.3, -0.25) is 4.79 Å². The maximum atomic E-state index is 12.8. The maximum Gasteiger partial charge on any atom is 0.267 e. The van der Waals surface area contributed by atoms with Crippen molar-refractivity contribution in [3.8, 4) is 10.6 Å². The van der Waals surface area contributed by atoms with Crippen molar-refractivity contribution in [2.24, 2.45) is 0 Å². The normalized spacial score (nSPS) is 10.6. The van der Waals surface area contributed by atoms with Crippen LogP contribution in [0.3, 0.4) is 0 Å². The number of rotatable bonds is 6. The minimum Gasteiger partial charge on any atom is -0.363 e. The molecule has 0 saturated carbocycles. The van der Waals surface area contributed by atoms with Crippen LogP contribution in [0.1, 0.15) is 21.2 Å². The topological polar surface area (TPSA) is 83.0 Å². The summed E-state index contributed by atoms with van der Waals surface area (Å²) in [5.41, 5.74) is 3.31. The molecule has 0 radical (unpaired) electrons. The first-order valence-electron chi connectivity index (χ1n) is 10.1. The molecule has 4 rings (SSSR count). The Labute approximate surface area is 191 Å². The summed E-state index contributed by atoms with van der Waals surface area (Å²) in [6.07, 6.45) is 0. The highest BCUT2D eigenvalue weighted by Crippen LogP contribution is 2.28. The number of benzene rings is 2. The Morgan fingerprint density at radius 2 is 1.59 bits per heavy atom. The predicted octanol–water partition coefficient (Wildman–Crippen LogP) is 5.28. The molecule has 8 heteroatoms. The second kappa shape index (κ2) is 9.15. The van der Waals surface area contributed by atoms with Crippen molar-refractivity contribution in [2.45, 2.75) is 13.8 Å². The fraction of sp³-hybridized carbons (Fsp3) is 0.167. The summed E-state index contributed by atoms with van der Waals surface area (Å²) in [7, 11) is 3.88. The van der Waals surface area contributed by atoms with Gasteiger partial charge in [-0.25, -0.2) is 15.0 Å². The molecule has 0 spiro atoms. The van der Waals surface area contributed by atoms with Crippen molar-refractivity contribution >= 4 is 40.3 Å². The molecule has 2 aromatic carbocycles. The van der Waals surface area contributed by atoms with Crippen LogP contribution in [-0.2, 0) is 0 Å². The molecule has 2 heterocycles. The van der Waals surface area contributed by atoms with Crippen LogP contribution in [-0.4, -0.2) is 35.0 Å². The molecule has 32 heavy (non-hydrogen) atoms. The lowest BCUT2D eigenvalue weighted by Crippen LogP contribution is -2.12. The number of carbonyl (C=O) groups is 1. The third kappa shape index (κ3) is 4.92. The van der Waals surface area contributed by atoms with E-state index in [0.717, 1.165) is 27.8 Å². The van der Waals surface area contributed by atoms with Crippen LogP contribution in [0, 0.1) is 13.8 Å². The summed E-state index contributed by atoms with van der Waals surface area (Å²) < 4.78 is 0. The van der Waals surface area contributed by atoms with Crippen LogP contribution in [0.5, 0.6) is 0 Å². The molecule has 0 unspecified atom stereocenters. The number of anilines is 4. The molecule has 2 N–H and O–H groups in total. The van der Waals surface area contributed by atoms with Gasteiger partial charge in [0.2, 0.25) is 0 Å². The number of carbonyl (C=O) groups excluding carboxylic acids is 1. The fourth-order valence-corrected chi connectivity index (χ4v) is 4.10. The zero-order valence-corrected chi connectivity index (χ0v) is 19.2. The minimum absolute atomic E-state index is 0.162. The van der Waals surface area contributed by atoms with E-state index in [-0.39, 0.29) is 5.91 Å². The Hall–Kier alpha value is -3.78. The van der Waals surface area contributed by atoms with Crippen LogP contribution >= 0.6 is 11.3 Å². The largest absolute Gasteiger partial charge is 0.363 e. The van der Waals surface area contributed by atoms with Crippen molar-refractivity contribution in [3.63, 3.8) is 0 Å². The number of nitrogens with zero attached hydrogens (tertiary/aromatic N) is 4. The van der Waals surface area contributed by atoms with E-state index >= 15 is 0 Å². The summed E-state index contributed by atoms with van der Waals surface area (Å²) in [5, 5.41) is 7.08. The Kier molecular flexibility index (Phi) is 6.13. The van der Waals surface area contributed by atoms with E-state index in [0.29, 0.717) is 22.2 Å². The predicted molar refractivity (Wildman–Crippen MR) is 131 cm³/mol. The molecule has 0 bridgehead atoms. The third-order valence-corrected chi connectivity index (χ3v) is 5.93. The van der Waals surface area contributed by atoms with E-state index in [4.69, 9.17) is 0 Å². The van der Waals surface area contributed by atoms with Crippen molar-refractivity contribution in [2.75, 3.05) is 29.6 Å². The highest BCUT2D eigenvalue weighted by atomic mass is 32.1. The van der Waals surface area contributed by atoms with Crippen molar-refractivity contribution in [1.29, 1.82) is 0 Å². The molecule has 0 aliphatic carbocycles. The van der Waals surface area contributed by atoms with Crippen molar-refractivity contribution in [1.82, 2.24) is 15.0 Å². The van der Waals surface area contributed by atoms with E-state index < -0.39 is 0 Å². The van der Waals surface area contributed by atoms with Gasteiger partial charge in [-0.1, -0.05) is 30.3 Å². The van der Waals surface area contributed by atoms with Gasteiger partial charge in [0.15, 0.2) is 0 Å². The Morgan fingerprint density at radius 3 is 2.28 bits per heavy atom. The zero-order chi connectivity index (χ0) is 22.7. The minimum atomic E-state index is -0.162. The lowest BCUT2D eigenvalue weighted by Gasteiger charge is -2.14. The van der Waals surface area contributed by atoms with Gasteiger partial charge in [-0.15, -0.1) is 11.3 Å². The molecular formula is C24H24N6OS. The number of aryl methyl sites for hydroxylation is 2. The highest BCUT2D eigenvalue weighted by molar-refractivity contribution is 7.17. The van der Waals surface area contributed by atoms with E-state index in [1.165, 1.54) is 11.3 Å². The second-order valence-electron chi connectivity index (χ2n) is 7.51. The molecule has 4 aromatic rings. The highest BCUT2D eigenvalue weighted by Gasteiger charge is 2.16. The second-order valence-corrected chi connectivity index (χ2v) is 8.51. The Balaban J connectivity index is 1.45. The summed E-state index contributed by atoms with van der Waals surface area (Å²) in [6, 6.07) is 19.3. The first-order chi connectivity index (χ1) is 15.4. The SMILES string of the molecule is Cc1nc(Nc2ccc(NC(=O)c3sc(-c4ccccc4)nc3C)cc2)cc(N(C)C)n1. The van der Waals surface area contributed by atoms with Crippen LogP contribution < -0.4 is 15.5 Å². The van der Waals surface area contributed by atoms with Crippen LogP contribution in [0.4, 0.5) is 23.0 Å². The average molecular weight is 445 g/mol. The average Bonchev–Trinajstić information content (AvgIpc) is 3.17. The number of aromatic nitrogens is 3. The van der Waals surface area contributed by atoms with Gasteiger partial charge in [-0.05, 0) is 38.1 Å². The van der Waals surface area contributed by atoms with Gasteiger partial charge in [0.25, 0.3) is 5.91 Å². The number of hydrogen-bond acceptors (Lipinski definition) is 7. The van der Waals surface area contributed by atoms with Gasteiger partial charge in [0.05, 0.1) is 5.69 Å². The molecule has 1 amide bonds. The first-order valence-corrected chi connectivity index (χ1v) is 10.9. The molecule has 162 valence electrons. The van der Waals surface area contributed by atoms with Crippen LogP contribution in [0.15, 0.2) is 60.7 Å². The van der Waals surface area contributed by atoms with Gasteiger partial charge in [0.1, 0.15) is 27.3 Å². The smallest absolute Gasteiger partial charge is 0.267 e. The Morgan fingerprint density at radius 1 is 0.906 bits per heavy atom. The van der Waals surface area contributed by atoms with Gasteiger partial charge in [0, 0.05) is 37.1 Å². The van der Waals surface area contributed by atoms with Crippen LogP contribution in [0.25, 0.3) is 10.6 Å². The van der Waals surface area contributed by atoms with E-state index in [1.54, 1.807) is 0 Å². The molecule has 2 aromatic heterocycles. The third-order valence-electron chi connectivity index (χ3n) is 4.72.